The lowest BCUT2D eigenvalue weighted by Gasteiger charge is -2.46. The Morgan fingerprint density at radius 1 is 1.29 bits per heavy atom. The van der Waals surface area contributed by atoms with Crippen LogP contribution in [0.1, 0.15) is 60.8 Å². The van der Waals surface area contributed by atoms with Gasteiger partial charge in [0.1, 0.15) is 0 Å². The van der Waals surface area contributed by atoms with Crippen LogP contribution < -0.4 is 10.6 Å². The third-order valence-corrected chi connectivity index (χ3v) is 4.87. The van der Waals surface area contributed by atoms with Crippen LogP contribution in [0.4, 0.5) is 0 Å². The fourth-order valence-corrected chi connectivity index (χ4v) is 3.39. The minimum absolute atomic E-state index is 0.126. The van der Waals surface area contributed by atoms with E-state index in [9.17, 15) is 4.79 Å². The van der Waals surface area contributed by atoms with Gasteiger partial charge in [-0.25, -0.2) is 0 Å². The minimum Gasteiger partial charge on any atom is -0.449 e. The number of thioether (sulfide) groups is 1. The van der Waals surface area contributed by atoms with Gasteiger partial charge in [-0.15, -0.1) is 11.8 Å². The number of esters is 1. The predicted octanol–water partition coefficient (Wildman–Crippen LogP) is 2.92. The topological polar surface area (TPSA) is 50.4 Å². The average molecular weight is 317 g/mol. The Morgan fingerprint density at radius 3 is 2.29 bits per heavy atom. The molecule has 0 aromatic heterocycles. The van der Waals surface area contributed by atoms with Crippen molar-refractivity contribution >= 4 is 17.7 Å². The van der Waals surface area contributed by atoms with Gasteiger partial charge in [0.05, 0.1) is 6.42 Å². The zero-order chi connectivity index (χ0) is 16.3. The maximum atomic E-state index is 11.8. The van der Waals surface area contributed by atoms with Gasteiger partial charge in [0.25, 0.3) is 0 Å². The number of piperidine rings is 1. The SMILES string of the molecule is CSC(C)(C)OC(=O)CCNC1CC(C)(C)NC(C)(C)C1. The van der Waals surface area contributed by atoms with Crippen LogP contribution in [0.2, 0.25) is 0 Å². The molecule has 1 saturated heterocycles. The largest absolute Gasteiger partial charge is 0.449 e. The van der Waals surface area contributed by atoms with E-state index in [1.807, 2.05) is 20.1 Å². The summed E-state index contributed by atoms with van der Waals surface area (Å²) in [5, 5.41) is 7.19. The fourth-order valence-electron chi connectivity index (χ4n) is 3.21. The van der Waals surface area contributed by atoms with Crippen molar-refractivity contribution in [2.24, 2.45) is 0 Å². The molecule has 0 atom stereocenters. The predicted molar refractivity (Wildman–Crippen MR) is 90.6 cm³/mol. The molecule has 2 N–H and O–H groups in total. The zero-order valence-corrected chi connectivity index (χ0v) is 15.4. The number of hydrogen-bond acceptors (Lipinski definition) is 5. The van der Waals surface area contributed by atoms with Crippen LogP contribution >= 0.6 is 11.8 Å². The van der Waals surface area contributed by atoms with Gasteiger partial charge in [0.2, 0.25) is 0 Å². The number of rotatable bonds is 6. The second-order valence-corrected chi connectivity index (χ2v) is 9.17. The first-order chi connectivity index (χ1) is 9.45. The maximum absolute atomic E-state index is 11.8. The third-order valence-electron chi connectivity index (χ3n) is 3.80. The van der Waals surface area contributed by atoms with Crippen LogP contribution in [0.15, 0.2) is 0 Å². The summed E-state index contributed by atoms with van der Waals surface area (Å²) in [4.78, 5) is 11.4. The number of carbonyl (C=O) groups is 1. The molecule has 4 nitrogen and oxygen atoms in total. The first-order valence-electron chi connectivity index (χ1n) is 7.74. The lowest BCUT2D eigenvalue weighted by Crippen LogP contribution is -2.61. The van der Waals surface area contributed by atoms with Crippen molar-refractivity contribution in [2.45, 2.75) is 82.9 Å². The molecule has 0 spiro atoms. The van der Waals surface area contributed by atoms with Crippen molar-refractivity contribution in [3.63, 3.8) is 0 Å². The highest BCUT2D eigenvalue weighted by molar-refractivity contribution is 7.99. The van der Waals surface area contributed by atoms with Gasteiger partial charge in [-0.2, -0.15) is 0 Å². The normalized spacial score (nSPS) is 22.0. The molecule has 0 saturated carbocycles. The fraction of sp³-hybridized carbons (Fsp3) is 0.938. The highest BCUT2D eigenvalue weighted by Crippen LogP contribution is 2.28. The van der Waals surface area contributed by atoms with Gasteiger partial charge in [0.15, 0.2) is 4.93 Å². The summed E-state index contributed by atoms with van der Waals surface area (Å²) in [7, 11) is 0. The van der Waals surface area contributed by atoms with E-state index in [1.54, 1.807) is 11.8 Å². The Bertz CT molecular complexity index is 351. The molecule has 0 bridgehead atoms. The number of ether oxygens (including phenoxy) is 1. The van der Waals surface area contributed by atoms with Gasteiger partial charge in [0, 0.05) is 23.7 Å². The van der Waals surface area contributed by atoms with E-state index in [0.29, 0.717) is 19.0 Å². The molecule has 0 radical (unpaired) electrons. The summed E-state index contributed by atoms with van der Waals surface area (Å²) in [6, 6.07) is 0.442. The molecule has 1 heterocycles. The van der Waals surface area contributed by atoms with E-state index < -0.39 is 4.93 Å². The second kappa shape index (κ2) is 6.88. The standard InChI is InChI=1S/C16H32N2O2S/c1-14(2)10-12(11-15(3,4)18-14)17-9-8-13(19)20-16(5,6)21-7/h12,17-18H,8-11H2,1-7H3. The van der Waals surface area contributed by atoms with Crippen LogP contribution in [-0.4, -0.2) is 40.8 Å². The summed E-state index contributed by atoms with van der Waals surface area (Å²) < 4.78 is 5.43. The summed E-state index contributed by atoms with van der Waals surface area (Å²) in [5.41, 5.74) is 0.252. The molecular formula is C16H32N2O2S. The van der Waals surface area contributed by atoms with Gasteiger partial charge in [-0.05, 0) is 60.6 Å². The smallest absolute Gasteiger partial charge is 0.308 e. The van der Waals surface area contributed by atoms with Crippen molar-refractivity contribution in [3.8, 4) is 0 Å². The highest BCUT2D eigenvalue weighted by atomic mass is 32.2. The Morgan fingerprint density at radius 2 is 1.81 bits per heavy atom. The molecule has 124 valence electrons. The summed E-state index contributed by atoms with van der Waals surface area (Å²) in [5.74, 6) is -0.130. The summed E-state index contributed by atoms with van der Waals surface area (Å²) >= 11 is 1.54. The zero-order valence-electron chi connectivity index (χ0n) is 14.6. The van der Waals surface area contributed by atoms with Crippen molar-refractivity contribution < 1.29 is 9.53 Å². The first kappa shape index (κ1) is 18.8. The Hall–Kier alpha value is -0.260. The van der Waals surface area contributed by atoms with E-state index >= 15 is 0 Å². The maximum Gasteiger partial charge on any atom is 0.308 e. The molecule has 1 fully saturated rings. The Labute approximate surface area is 134 Å². The number of nitrogens with one attached hydrogen (secondary N) is 2. The van der Waals surface area contributed by atoms with Crippen LogP contribution in [-0.2, 0) is 9.53 Å². The molecule has 0 aliphatic carbocycles. The van der Waals surface area contributed by atoms with Crippen molar-refractivity contribution in [2.75, 3.05) is 12.8 Å². The van der Waals surface area contributed by atoms with E-state index in [4.69, 9.17) is 4.74 Å². The van der Waals surface area contributed by atoms with Crippen molar-refractivity contribution in [3.05, 3.63) is 0 Å². The number of carbonyl (C=O) groups excluding carboxylic acids is 1. The monoisotopic (exact) mass is 316 g/mol. The molecule has 1 rings (SSSR count). The lowest BCUT2D eigenvalue weighted by atomic mass is 9.79. The molecule has 0 amide bonds. The quantitative estimate of drug-likeness (QED) is 0.583. The molecule has 0 unspecified atom stereocenters. The van der Waals surface area contributed by atoms with Crippen molar-refractivity contribution in [1.29, 1.82) is 0 Å². The van der Waals surface area contributed by atoms with E-state index in [0.717, 1.165) is 12.8 Å². The van der Waals surface area contributed by atoms with Crippen LogP contribution in [0.25, 0.3) is 0 Å². The Kier molecular flexibility index (Phi) is 6.16. The van der Waals surface area contributed by atoms with Gasteiger partial charge >= 0.3 is 5.97 Å². The van der Waals surface area contributed by atoms with Crippen LogP contribution in [0, 0.1) is 0 Å². The van der Waals surface area contributed by atoms with Crippen LogP contribution in [0.5, 0.6) is 0 Å². The summed E-state index contributed by atoms with van der Waals surface area (Å²) in [6.07, 6.45) is 4.52. The van der Waals surface area contributed by atoms with E-state index in [1.165, 1.54) is 0 Å². The molecule has 21 heavy (non-hydrogen) atoms. The molecule has 0 aromatic rings. The van der Waals surface area contributed by atoms with Gasteiger partial charge < -0.3 is 15.4 Å². The molecular weight excluding hydrogens is 284 g/mol. The third kappa shape index (κ3) is 7.02. The van der Waals surface area contributed by atoms with Crippen LogP contribution in [0.3, 0.4) is 0 Å². The van der Waals surface area contributed by atoms with Crippen molar-refractivity contribution in [1.82, 2.24) is 10.6 Å². The second-order valence-electron chi connectivity index (χ2n) is 7.78. The van der Waals surface area contributed by atoms with Gasteiger partial charge in [-0.1, -0.05) is 0 Å². The van der Waals surface area contributed by atoms with Gasteiger partial charge in [-0.3, -0.25) is 4.79 Å². The lowest BCUT2D eigenvalue weighted by molar-refractivity contribution is -0.149. The molecule has 1 aliphatic heterocycles. The first-order valence-corrected chi connectivity index (χ1v) is 8.97. The average Bonchev–Trinajstić information content (AvgIpc) is 2.23. The molecule has 1 aliphatic rings. The summed E-state index contributed by atoms with van der Waals surface area (Å²) in [6.45, 7) is 13.5. The minimum atomic E-state index is -0.435. The molecule has 0 aromatic carbocycles. The number of hydrogen-bond donors (Lipinski definition) is 2. The van der Waals surface area contributed by atoms with E-state index in [2.05, 4.69) is 38.3 Å². The Balaban J connectivity index is 2.37. The van der Waals surface area contributed by atoms with E-state index in [-0.39, 0.29) is 17.0 Å². The molecule has 5 heteroatoms. The highest BCUT2D eigenvalue weighted by Gasteiger charge is 2.37.